The molecule has 0 aliphatic carbocycles. The maximum atomic E-state index is 13.7. The molecule has 1 aliphatic heterocycles. The Bertz CT molecular complexity index is 879. The number of alkyl halides is 3. The van der Waals surface area contributed by atoms with Crippen molar-refractivity contribution < 1.29 is 31.6 Å². The zero-order valence-corrected chi connectivity index (χ0v) is 15.7. The van der Waals surface area contributed by atoms with Crippen molar-refractivity contribution in [2.24, 2.45) is 0 Å². The van der Waals surface area contributed by atoms with Gasteiger partial charge in [0.1, 0.15) is 11.6 Å². The van der Waals surface area contributed by atoms with Crippen molar-refractivity contribution in [1.82, 2.24) is 0 Å². The van der Waals surface area contributed by atoms with Gasteiger partial charge >= 0.3 is 6.18 Å². The van der Waals surface area contributed by atoms with Crippen LogP contribution in [-0.4, -0.2) is 38.1 Å². The molecule has 4 nitrogen and oxygen atoms in total. The van der Waals surface area contributed by atoms with Gasteiger partial charge in [-0.2, -0.15) is 13.2 Å². The van der Waals surface area contributed by atoms with Crippen molar-refractivity contribution in [2.75, 3.05) is 36.4 Å². The van der Waals surface area contributed by atoms with Crippen molar-refractivity contribution in [3.05, 3.63) is 59.7 Å². The second kappa shape index (κ2) is 8.36. The molecule has 0 bridgehead atoms. The Kier molecular flexibility index (Phi) is 6.07. The van der Waals surface area contributed by atoms with Crippen molar-refractivity contribution in [2.45, 2.75) is 19.1 Å². The summed E-state index contributed by atoms with van der Waals surface area (Å²) >= 11 is 0. The van der Waals surface area contributed by atoms with Crippen LogP contribution in [0.1, 0.15) is 12.5 Å². The average molecular weight is 414 g/mol. The van der Waals surface area contributed by atoms with Crippen LogP contribution in [0, 0.1) is 11.6 Å². The van der Waals surface area contributed by atoms with Crippen LogP contribution in [0.5, 0.6) is 0 Å². The number of carbonyl (C=O) groups excluding carboxylic acids is 1. The molecule has 0 unspecified atom stereocenters. The minimum atomic E-state index is -4.40. The van der Waals surface area contributed by atoms with E-state index in [-0.39, 0.29) is 5.69 Å². The standard InChI is InChI=1S/C20H20F5N3O/c1-13(19(29)26-18-6-5-15(21)12-17(18)22)27-7-9-28(10-8-27)16-4-2-3-14(11-16)20(23,24)25/h2-6,11-13H,7-10H2,1H3,(H,26,29)/p+1/t13-/m0/s1. The third-order valence-corrected chi connectivity index (χ3v) is 5.14. The first-order valence-electron chi connectivity index (χ1n) is 9.18. The first kappa shape index (κ1) is 21.0. The van der Waals surface area contributed by atoms with Gasteiger partial charge in [0, 0.05) is 11.8 Å². The molecule has 9 heteroatoms. The number of nitrogens with zero attached hydrogens (tertiary/aromatic N) is 1. The fraction of sp³-hybridized carbons (Fsp3) is 0.350. The monoisotopic (exact) mass is 414 g/mol. The molecule has 2 aromatic rings. The summed E-state index contributed by atoms with van der Waals surface area (Å²) in [4.78, 5) is 15.2. The number of halogens is 5. The summed E-state index contributed by atoms with van der Waals surface area (Å²) in [5.41, 5.74) is -0.298. The van der Waals surface area contributed by atoms with E-state index in [1.165, 1.54) is 6.07 Å². The highest BCUT2D eigenvalue weighted by atomic mass is 19.4. The van der Waals surface area contributed by atoms with E-state index in [0.717, 1.165) is 29.2 Å². The second-order valence-corrected chi connectivity index (χ2v) is 7.03. The summed E-state index contributed by atoms with van der Waals surface area (Å²) in [5, 5.41) is 2.46. The first-order valence-corrected chi connectivity index (χ1v) is 9.18. The normalized spacial score (nSPS) is 16.6. The van der Waals surface area contributed by atoms with Gasteiger partial charge in [-0.25, -0.2) is 8.78 Å². The lowest BCUT2D eigenvalue weighted by atomic mass is 10.1. The van der Waals surface area contributed by atoms with Gasteiger partial charge in [0.2, 0.25) is 0 Å². The Morgan fingerprint density at radius 1 is 1.10 bits per heavy atom. The summed E-state index contributed by atoms with van der Waals surface area (Å²) in [6.07, 6.45) is -4.40. The van der Waals surface area contributed by atoms with Crippen LogP contribution >= 0.6 is 0 Å². The highest BCUT2D eigenvalue weighted by Gasteiger charge is 2.32. The van der Waals surface area contributed by atoms with E-state index in [1.54, 1.807) is 13.0 Å². The molecule has 2 aromatic carbocycles. The molecule has 0 radical (unpaired) electrons. The smallest absolute Gasteiger partial charge is 0.360 e. The predicted molar refractivity (Wildman–Crippen MR) is 98.8 cm³/mol. The van der Waals surface area contributed by atoms with Crippen LogP contribution in [0.3, 0.4) is 0 Å². The van der Waals surface area contributed by atoms with Crippen LogP contribution in [0.4, 0.5) is 33.3 Å². The molecule has 1 atom stereocenters. The lowest BCUT2D eigenvalue weighted by Gasteiger charge is -2.36. The van der Waals surface area contributed by atoms with Crippen molar-refractivity contribution >= 4 is 17.3 Å². The first-order chi connectivity index (χ1) is 13.6. The van der Waals surface area contributed by atoms with Crippen molar-refractivity contribution in [3.63, 3.8) is 0 Å². The van der Waals surface area contributed by atoms with E-state index in [2.05, 4.69) is 5.32 Å². The van der Waals surface area contributed by atoms with Crippen molar-refractivity contribution in [1.29, 1.82) is 0 Å². The Hall–Kier alpha value is -2.68. The molecule has 1 saturated heterocycles. The fourth-order valence-corrected chi connectivity index (χ4v) is 3.38. The molecule has 3 rings (SSSR count). The Morgan fingerprint density at radius 2 is 1.79 bits per heavy atom. The molecule has 2 N–H and O–H groups in total. The van der Waals surface area contributed by atoms with E-state index in [4.69, 9.17) is 0 Å². The van der Waals surface area contributed by atoms with Gasteiger partial charge in [0.15, 0.2) is 6.04 Å². The van der Waals surface area contributed by atoms with Gasteiger partial charge in [-0.05, 0) is 37.3 Å². The van der Waals surface area contributed by atoms with E-state index >= 15 is 0 Å². The molecule has 1 aliphatic rings. The summed E-state index contributed by atoms with van der Waals surface area (Å²) in [6.45, 7) is 3.75. The van der Waals surface area contributed by atoms with Crippen LogP contribution in [0.25, 0.3) is 0 Å². The molecule has 1 heterocycles. The molecular weight excluding hydrogens is 393 g/mol. The number of piperazine rings is 1. The third-order valence-electron chi connectivity index (χ3n) is 5.14. The molecular formula is C20H21F5N3O+. The van der Waals surface area contributed by atoms with Gasteiger partial charge in [0.05, 0.1) is 37.4 Å². The van der Waals surface area contributed by atoms with Crippen LogP contribution < -0.4 is 15.1 Å². The maximum absolute atomic E-state index is 13.7. The number of amides is 1. The Balaban J connectivity index is 1.59. The van der Waals surface area contributed by atoms with Crippen LogP contribution in [0.2, 0.25) is 0 Å². The zero-order valence-electron chi connectivity index (χ0n) is 15.7. The fourth-order valence-electron chi connectivity index (χ4n) is 3.38. The molecule has 156 valence electrons. The summed E-state index contributed by atoms with van der Waals surface area (Å²) < 4.78 is 65.4. The van der Waals surface area contributed by atoms with Crippen LogP contribution in [0.15, 0.2) is 42.5 Å². The largest absolute Gasteiger partial charge is 0.416 e. The number of hydrogen-bond donors (Lipinski definition) is 2. The minimum Gasteiger partial charge on any atom is -0.360 e. The number of rotatable bonds is 4. The zero-order chi connectivity index (χ0) is 21.2. The predicted octanol–water partition coefficient (Wildman–Crippen LogP) is 2.72. The number of benzene rings is 2. The average Bonchev–Trinajstić information content (AvgIpc) is 2.69. The molecule has 1 amide bonds. The topological polar surface area (TPSA) is 36.8 Å². The number of hydrogen-bond acceptors (Lipinski definition) is 2. The van der Waals surface area contributed by atoms with Gasteiger partial charge < -0.3 is 15.1 Å². The van der Waals surface area contributed by atoms with Gasteiger partial charge in [-0.3, -0.25) is 4.79 Å². The highest BCUT2D eigenvalue weighted by molar-refractivity contribution is 5.93. The molecule has 29 heavy (non-hydrogen) atoms. The third kappa shape index (κ3) is 5.03. The van der Waals surface area contributed by atoms with E-state index in [9.17, 15) is 26.7 Å². The SMILES string of the molecule is C[C@@H](C(=O)Nc1ccc(F)cc1F)[NH+]1CCN(c2cccc(C(F)(F)F)c2)CC1. The Morgan fingerprint density at radius 3 is 2.41 bits per heavy atom. The van der Waals surface area contributed by atoms with E-state index in [1.807, 2.05) is 4.90 Å². The highest BCUT2D eigenvalue weighted by Crippen LogP contribution is 2.31. The van der Waals surface area contributed by atoms with Gasteiger partial charge in [-0.1, -0.05) is 6.07 Å². The molecule has 0 saturated carbocycles. The van der Waals surface area contributed by atoms with Crippen LogP contribution in [-0.2, 0) is 11.0 Å². The molecule has 0 spiro atoms. The molecule has 0 aromatic heterocycles. The van der Waals surface area contributed by atoms with Crippen molar-refractivity contribution in [3.8, 4) is 0 Å². The van der Waals surface area contributed by atoms with E-state index < -0.39 is 35.3 Å². The number of carbonyl (C=O) groups is 1. The Labute approximate surface area is 164 Å². The molecule has 1 fully saturated rings. The lowest BCUT2D eigenvalue weighted by molar-refractivity contribution is -0.914. The minimum absolute atomic E-state index is 0.0924. The van der Waals surface area contributed by atoms with E-state index in [0.29, 0.717) is 37.9 Å². The number of nitrogens with one attached hydrogen (secondary N) is 2. The van der Waals surface area contributed by atoms with Gasteiger partial charge in [-0.15, -0.1) is 0 Å². The van der Waals surface area contributed by atoms with Gasteiger partial charge in [0.25, 0.3) is 5.91 Å². The summed E-state index contributed by atoms with van der Waals surface area (Å²) in [7, 11) is 0. The lowest BCUT2D eigenvalue weighted by Crippen LogP contribution is -3.19. The summed E-state index contributed by atoms with van der Waals surface area (Å²) in [6, 6.07) is 7.59. The number of quaternary nitrogens is 1. The number of anilines is 2. The second-order valence-electron chi connectivity index (χ2n) is 7.03. The quantitative estimate of drug-likeness (QED) is 0.755. The maximum Gasteiger partial charge on any atom is 0.416 e. The summed E-state index contributed by atoms with van der Waals surface area (Å²) in [5.74, 6) is -1.99.